The van der Waals surface area contributed by atoms with Crippen molar-refractivity contribution in [3.8, 4) is 5.75 Å². The van der Waals surface area contributed by atoms with Crippen LogP contribution in [0.25, 0.3) is 0 Å². The Morgan fingerprint density at radius 3 is 2.21 bits per heavy atom. The Balaban J connectivity index is 1.57. The summed E-state index contributed by atoms with van der Waals surface area (Å²) in [6, 6.07) is 28.6. The smallest absolute Gasteiger partial charge is 0.264 e. The molecule has 0 saturated heterocycles. The number of nitrogens with one attached hydrogen (secondary N) is 1. The Hall–Kier alpha value is -4.70. The van der Waals surface area contributed by atoms with Crippen molar-refractivity contribution < 1.29 is 27.1 Å². The summed E-state index contributed by atoms with van der Waals surface area (Å²) in [5, 5.41) is 3.16. The summed E-state index contributed by atoms with van der Waals surface area (Å²) >= 11 is 0. The largest absolute Gasteiger partial charge is 0.497 e. The monoisotopic (exact) mass is 657 g/mol. The number of rotatable bonds is 13. The van der Waals surface area contributed by atoms with E-state index in [-0.39, 0.29) is 41.1 Å². The van der Waals surface area contributed by atoms with E-state index in [1.807, 2.05) is 30.3 Å². The van der Waals surface area contributed by atoms with E-state index < -0.39 is 34.3 Å². The molecule has 0 spiro atoms. The molecule has 246 valence electrons. The number of sulfonamides is 1. The average Bonchev–Trinajstić information content (AvgIpc) is 3.10. The van der Waals surface area contributed by atoms with Crippen LogP contribution in [-0.2, 0) is 32.6 Å². The van der Waals surface area contributed by atoms with Crippen LogP contribution in [0, 0.1) is 5.82 Å². The maximum atomic E-state index is 15.1. The van der Waals surface area contributed by atoms with Crippen LogP contribution in [-0.4, -0.2) is 50.9 Å². The second kappa shape index (κ2) is 15.7. The summed E-state index contributed by atoms with van der Waals surface area (Å²) in [5.41, 5.74) is 1.23. The number of ether oxygens (including phenoxy) is 1. The SMILES string of the molecule is COc1cccc(N(CC(=O)N(Cc2ccccc2F)C(Cc2ccccc2)C(=O)NC2CCCCC2)S(=O)(=O)c2ccccc2)c1. The third-order valence-electron chi connectivity index (χ3n) is 8.47. The van der Waals surface area contributed by atoms with Gasteiger partial charge in [0, 0.05) is 30.6 Å². The van der Waals surface area contributed by atoms with E-state index in [2.05, 4.69) is 5.32 Å². The second-order valence-corrected chi connectivity index (χ2v) is 13.6. The standard InChI is InChI=1S/C37H40FN3O5S/c1-46-32-20-13-19-31(25-32)41(47(44,45)33-21-9-4-10-22-33)27-36(42)40(26-29-16-11-12-23-34(29)38)35(24-28-14-5-2-6-15-28)37(43)39-30-17-7-3-8-18-30/h2,4-6,9-16,19-23,25,30,35H,3,7-8,17-18,24,26-27H2,1H3,(H,39,43). The third kappa shape index (κ3) is 8.56. The summed E-state index contributed by atoms with van der Waals surface area (Å²) in [7, 11) is -2.79. The lowest BCUT2D eigenvalue weighted by Gasteiger charge is -2.35. The van der Waals surface area contributed by atoms with E-state index in [0.717, 1.165) is 42.0 Å². The lowest BCUT2D eigenvalue weighted by Crippen LogP contribution is -2.55. The first-order valence-corrected chi connectivity index (χ1v) is 17.3. The number of amides is 2. The van der Waals surface area contributed by atoms with E-state index in [1.54, 1.807) is 54.6 Å². The summed E-state index contributed by atoms with van der Waals surface area (Å²) in [6.07, 6.45) is 4.93. The number of nitrogens with zero attached hydrogens (tertiary/aromatic N) is 2. The molecule has 10 heteroatoms. The van der Waals surface area contributed by atoms with Gasteiger partial charge >= 0.3 is 0 Å². The van der Waals surface area contributed by atoms with Crippen LogP contribution in [0.3, 0.4) is 0 Å². The van der Waals surface area contributed by atoms with Crippen LogP contribution >= 0.6 is 0 Å². The van der Waals surface area contributed by atoms with Gasteiger partial charge in [-0.15, -0.1) is 0 Å². The molecule has 2 amide bonds. The number of carbonyl (C=O) groups is 2. The van der Waals surface area contributed by atoms with Gasteiger partial charge in [0.1, 0.15) is 24.2 Å². The predicted octanol–water partition coefficient (Wildman–Crippen LogP) is 6.12. The topological polar surface area (TPSA) is 96.0 Å². The molecule has 0 bridgehead atoms. The Kier molecular flexibility index (Phi) is 11.3. The van der Waals surface area contributed by atoms with Crippen LogP contribution in [0.4, 0.5) is 10.1 Å². The number of halogens is 1. The molecule has 0 heterocycles. The molecule has 0 aliphatic heterocycles. The molecule has 47 heavy (non-hydrogen) atoms. The highest BCUT2D eigenvalue weighted by atomic mass is 32.2. The van der Waals surface area contributed by atoms with E-state index in [0.29, 0.717) is 5.75 Å². The van der Waals surface area contributed by atoms with Crippen molar-refractivity contribution in [2.45, 2.75) is 62.0 Å². The number of benzene rings is 4. The number of carbonyl (C=O) groups excluding carboxylic acids is 2. The second-order valence-electron chi connectivity index (χ2n) is 11.7. The molecule has 1 saturated carbocycles. The van der Waals surface area contributed by atoms with Crippen molar-refractivity contribution in [1.82, 2.24) is 10.2 Å². The molecule has 0 aromatic heterocycles. The minimum atomic E-state index is -4.26. The summed E-state index contributed by atoms with van der Waals surface area (Å²) in [5.74, 6) is -1.14. The zero-order valence-electron chi connectivity index (χ0n) is 26.4. The predicted molar refractivity (Wildman–Crippen MR) is 180 cm³/mol. The van der Waals surface area contributed by atoms with Gasteiger partial charge in [0.15, 0.2) is 0 Å². The van der Waals surface area contributed by atoms with Gasteiger partial charge in [0.05, 0.1) is 17.7 Å². The van der Waals surface area contributed by atoms with Crippen LogP contribution in [0.1, 0.15) is 43.2 Å². The zero-order chi connectivity index (χ0) is 33.2. The highest BCUT2D eigenvalue weighted by molar-refractivity contribution is 7.92. The zero-order valence-corrected chi connectivity index (χ0v) is 27.2. The van der Waals surface area contributed by atoms with Gasteiger partial charge in [-0.1, -0.05) is 92.1 Å². The van der Waals surface area contributed by atoms with Crippen molar-refractivity contribution in [2.75, 3.05) is 18.0 Å². The molecular weight excluding hydrogens is 617 g/mol. The van der Waals surface area contributed by atoms with Crippen molar-refractivity contribution in [1.29, 1.82) is 0 Å². The number of anilines is 1. The first kappa shape index (κ1) is 33.7. The molecule has 4 aromatic carbocycles. The number of hydrogen-bond donors (Lipinski definition) is 1. The summed E-state index contributed by atoms with van der Waals surface area (Å²) in [6.45, 7) is -0.876. The van der Waals surface area contributed by atoms with Crippen molar-refractivity contribution >= 4 is 27.5 Å². The summed E-state index contributed by atoms with van der Waals surface area (Å²) < 4.78 is 49.8. The number of methoxy groups -OCH3 is 1. The molecule has 8 nitrogen and oxygen atoms in total. The lowest BCUT2D eigenvalue weighted by molar-refractivity contribution is -0.140. The van der Waals surface area contributed by atoms with Crippen LogP contribution in [0.5, 0.6) is 5.75 Å². The van der Waals surface area contributed by atoms with Gasteiger partial charge in [-0.3, -0.25) is 13.9 Å². The highest BCUT2D eigenvalue weighted by Gasteiger charge is 2.36. The Bertz CT molecular complexity index is 1750. The fourth-order valence-corrected chi connectivity index (χ4v) is 7.35. The van der Waals surface area contributed by atoms with Crippen molar-refractivity contribution in [2.24, 2.45) is 0 Å². The maximum absolute atomic E-state index is 15.1. The fourth-order valence-electron chi connectivity index (χ4n) is 5.92. The molecule has 1 fully saturated rings. The average molecular weight is 658 g/mol. The Morgan fingerprint density at radius 1 is 0.872 bits per heavy atom. The van der Waals surface area contributed by atoms with Gasteiger partial charge in [0.25, 0.3) is 10.0 Å². The van der Waals surface area contributed by atoms with Crippen molar-refractivity contribution in [3.63, 3.8) is 0 Å². The Morgan fingerprint density at radius 2 is 1.53 bits per heavy atom. The van der Waals surface area contributed by atoms with E-state index in [1.165, 1.54) is 36.3 Å². The first-order chi connectivity index (χ1) is 22.8. The van der Waals surface area contributed by atoms with Gasteiger partial charge in [-0.25, -0.2) is 12.8 Å². The minimum Gasteiger partial charge on any atom is -0.497 e. The van der Waals surface area contributed by atoms with E-state index >= 15 is 4.39 Å². The highest BCUT2D eigenvalue weighted by Crippen LogP contribution is 2.28. The van der Waals surface area contributed by atoms with Crippen molar-refractivity contribution in [3.05, 3.63) is 126 Å². The minimum absolute atomic E-state index is 0.00727. The molecule has 1 unspecified atom stereocenters. The lowest BCUT2D eigenvalue weighted by atomic mass is 9.94. The molecule has 0 radical (unpaired) electrons. The quantitative estimate of drug-likeness (QED) is 0.187. The molecule has 5 rings (SSSR count). The molecule has 4 aromatic rings. The molecule has 1 aliphatic rings. The van der Waals surface area contributed by atoms with Gasteiger partial charge < -0.3 is 15.0 Å². The Labute approximate surface area is 276 Å². The number of hydrogen-bond acceptors (Lipinski definition) is 5. The normalized spacial score (nSPS) is 14.2. The van der Waals surface area contributed by atoms with Crippen LogP contribution in [0.2, 0.25) is 0 Å². The van der Waals surface area contributed by atoms with E-state index in [9.17, 15) is 18.0 Å². The van der Waals surface area contributed by atoms with Gasteiger partial charge in [-0.2, -0.15) is 0 Å². The molecular formula is C37H40FN3O5S. The van der Waals surface area contributed by atoms with E-state index in [4.69, 9.17) is 4.74 Å². The molecule has 1 N–H and O–H groups in total. The summed E-state index contributed by atoms with van der Waals surface area (Å²) in [4.78, 5) is 30.0. The maximum Gasteiger partial charge on any atom is 0.264 e. The third-order valence-corrected chi connectivity index (χ3v) is 10.3. The fraction of sp³-hybridized carbons (Fsp3) is 0.297. The van der Waals surface area contributed by atoms with Crippen LogP contribution in [0.15, 0.2) is 114 Å². The molecule has 1 aliphatic carbocycles. The van der Waals surface area contributed by atoms with Gasteiger partial charge in [0.2, 0.25) is 11.8 Å². The molecule has 1 atom stereocenters. The first-order valence-electron chi connectivity index (χ1n) is 15.9. The van der Waals surface area contributed by atoms with Gasteiger partial charge in [-0.05, 0) is 48.7 Å². The van der Waals surface area contributed by atoms with Crippen LogP contribution < -0.4 is 14.4 Å².